The summed E-state index contributed by atoms with van der Waals surface area (Å²) in [6.07, 6.45) is 6.66. The molecule has 4 aromatic rings. The van der Waals surface area contributed by atoms with Crippen molar-refractivity contribution in [2.24, 2.45) is 0 Å². The first-order valence-corrected chi connectivity index (χ1v) is 8.88. The monoisotopic (exact) mass is 337 g/mol. The van der Waals surface area contributed by atoms with Crippen LogP contribution in [0.25, 0.3) is 33.4 Å². The molecule has 0 radical (unpaired) electrons. The van der Waals surface area contributed by atoms with Crippen molar-refractivity contribution in [3.63, 3.8) is 0 Å². The molecule has 0 amide bonds. The van der Waals surface area contributed by atoms with E-state index in [1.165, 1.54) is 44.6 Å². The second-order valence-electron chi connectivity index (χ2n) is 6.94. The zero-order valence-electron chi connectivity index (χ0n) is 14.7. The Kier molecular flexibility index (Phi) is 3.29. The third-order valence-electron chi connectivity index (χ3n) is 5.33. The van der Waals surface area contributed by atoms with E-state index in [9.17, 15) is 0 Å². The third kappa shape index (κ3) is 2.28. The fraction of sp³-hybridized carbons (Fsp3) is 0.130. The molecule has 1 atom stereocenters. The lowest BCUT2D eigenvalue weighted by Crippen LogP contribution is -1.87. The molecule has 1 aromatic carbocycles. The Hall–Kier alpha value is -3.20. The molecule has 0 bridgehead atoms. The number of pyridine rings is 2. The van der Waals surface area contributed by atoms with Crippen LogP contribution in [0.4, 0.5) is 0 Å². The summed E-state index contributed by atoms with van der Waals surface area (Å²) in [6.45, 7) is 6.41. The van der Waals surface area contributed by atoms with Gasteiger partial charge in [0.2, 0.25) is 0 Å². The number of fused-ring (bicyclic) bond motifs is 1. The third-order valence-corrected chi connectivity index (χ3v) is 5.33. The summed E-state index contributed by atoms with van der Waals surface area (Å²) in [7, 11) is 0. The number of allylic oxidation sites excluding steroid dienone is 1. The molecule has 3 aromatic heterocycles. The smallest absolute Gasteiger partial charge is 0.0708 e. The number of aromatic amines is 1. The predicted octanol–water partition coefficient (Wildman–Crippen LogP) is 5.64. The Morgan fingerprint density at radius 1 is 1.00 bits per heavy atom. The number of benzene rings is 1. The van der Waals surface area contributed by atoms with Crippen molar-refractivity contribution in [1.82, 2.24) is 15.0 Å². The maximum atomic E-state index is 4.51. The van der Waals surface area contributed by atoms with E-state index in [-0.39, 0.29) is 0 Å². The van der Waals surface area contributed by atoms with Crippen molar-refractivity contribution in [3.8, 4) is 22.5 Å². The first kappa shape index (κ1) is 15.1. The summed E-state index contributed by atoms with van der Waals surface area (Å²) in [5.74, 6) is 0.455. The molecular weight excluding hydrogens is 318 g/mol. The summed E-state index contributed by atoms with van der Waals surface area (Å²) in [6, 6.07) is 14.5. The quantitative estimate of drug-likeness (QED) is 0.491. The van der Waals surface area contributed by atoms with Gasteiger partial charge in [-0.3, -0.25) is 9.97 Å². The van der Waals surface area contributed by atoms with E-state index in [0.29, 0.717) is 5.92 Å². The minimum Gasteiger partial charge on any atom is -0.354 e. The van der Waals surface area contributed by atoms with E-state index in [1.807, 2.05) is 24.7 Å². The number of nitrogens with zero attached hydrogens (tertiary/aromatic N) is 2. The van der Waals surface area contributed by atoms with Crippen LogP contribution in [0.5, 0.6) is 0 Å². The standard InChI is InChI=1S/C23H19N3/c1-14-13-19(14)21-15(2)22(26-23(21)16-7-10-24-11-8-16)18-9-12-25-20-6-4-3-5-17(18)20/h3-12,19,26H,1,13H2,2H3. The second kappa shape index (κ2) is 5.67. The molecule has 0 spiro atoms. The lowest BCUT2D eigenvalue weighted by Gasteiger charge is -2.06. The Labute approximate surface area is 152 Å². The van der Waals surface area contributed by atoms with Crippen LogP contribution < -0.4 is 0 Å². The van der Waals surface area contributed by atoms with Crippen LogP contribution in [0, 0.1) is 6.92 Å². The Morgan fingerprint density at radius 3 is 2.54 bits per heavy atom. The summed E-state index contributed by atoms with van der Waals surface area (Å²) in [5, 5.41) is 1.17. The molecule has 3 nitrogen and oxygen atoms in total. The summed E-state index contributed by atoms with van der Waals surface area (Å²) in [4.78, 5) is 12.4. The topological polar surface area (TPSA) is 41.6 Å². The van der Waals surface area contributed by atoms with Crippen molar-refractivity contribution in [2.45, 2.75) is 19.3 Å². The number of para-hydroxylation sites is 1. The van der Waals surface area contributed by atoms with Gasteiger partial charge in [0.05, 0.1) is 11.2 Å². The van der Waals surface area contributed by atoms with E-state index in [1.54, 1.807) is 0 Å². The van der Waals surface area contributed by atoms with Gasteiger partial charge in [-0.15, -0.1) is 0 Å². The summed E-state index contributed by atoms with van der Waals surface area (Å²) in [5.41, 5.74) is 9.72. The molecule has 0 saturated heterocycles. The number of rotatable bonds is 3. The average molecular weight is 337 g/mol. The van der Waals surface area contributed by atoms with Crippen molar-refractivity contribution < 1.29 is 0 Å². The van der Waals surface area contributed by atoms with E-state index in [4.69, 9.17) is 0 Å². The number of H-pyrrole nitrogens is 1. The highest BCUT2D eigenvalue weighted by Crippen LogP contribution is 2.51. The number of hydrogen-bond acceptors (Lipinski definition) is 2. The maximum absolute atomic E-state index is 4.51. The van der Waals surface area contributed by atoms with Gasteiger partial charge >= 0.3 is 0 Å². The Morgan fingerprint density at radius 2 is 1.77 bits per heavy atom. The summed E-state index contributed by atoms with van der Waals surface area (Å²) < 4.78 is 0. The van der Waals surface area contributed by atoms with Crippen LogP contribution in [0.3, 0.4) is 0 Å². The fourth-order valence-corrected chi connectivity index (χ4v) is 3.88. The van der Waals surface area contributed by atoms with Gasteiger partial charge in [0, 0.05) is 46.7 Å². The SMILES string of the molecule is C=C1CC1c1c(-c2ccncc2)[nH]c(-c2ccnc3ccccc23)c1C. The largest absolute Gasteiger partial charge is 0.354 e. The molecule has 1 N–H and O–H groups in total. The second-order valence-corrected chi connectivity index (χ2v) is 6.94. The van der Waals surface area contributed by atoms with Crippen LogP contribution in [0.1, 0.15) is 23.5 Å². The molecule has 1 unspecified atom stereocenters. The van der Waals surface area contributed by atoms with Crippen molar-refractivity contribution in [3.05, 3.63) is 84.3 Å². The van der Waals surface area contributed by atoms with E-state index in [2.05, 4.69) is 64.9 Å². The molecule has 1 saturated carbocycles. The molecule has 1 aliphatic rings. The zero-order chi connectivity index (χ0) is 17.7. The summed E-state index contributed by atoms with van der Waals surface area (Å²) >= 11 is 0. The number of hydrogen-bond donors (Lipinski definition) is 1. The number of nitrogens with one attached hydrogen (secondary N) is 1. The van der Waals surface area contributed by atoms with E-state index in [0.717, 1.165) is 11.9 Å². The van der Waals surface area contributed by atoms with Gasteiger partial charge in [-0.1, -0.05) is 30.4 Å². The fourth-order valence-electron chi connectivity index (χ4n) is 3.88. The molecular formula is C23H19N3. The van der Waals surface area contributed by atoms with Gasteiger partial charge in [0.15, 0.2) is 0 Å². The Bertz CT molecular complexity index is 1130. The minimum atomic E-state index is 0.455. The molecule has 3 heteroatoms. The van der Waals surface area contributed by atoms with Crippen LogP contribution in [-0.2, 0) is 0 Å². The normalized spacial score (nSPS) is 16.2. The van der Waals surface area contributed by atoms with Gasteiger partial charge in [0.25, 0.3) is 0 Å². The molecule has 26 heavy (non-hydrogen) atoms. The highest BCUT2D eigenvalue weighted by atomic mass is 14.8. The molecule has 5 rings (SSSR count). The van der Waals surface area contributed by atoms with E-state index >= 15 is 0 Å². The van der Waals surface area contributed by atoms with Gasteiger partial charge in [0.1, 0.15) is 0 Å². The molecule has 0 aliphatic heterocycles. The van der Waals surface area contributed by atoms with E-state index < -0.39 is 0 Å². The highest BCUT2D eigenvalue weighted by Gasteiger charge is 2.35. The van der Waals surface area contributed by atoms with Crippen LogP contribution in [0.15, 0.2) is 73.2 Å². The van der Waals surface area contributed by atoms with Crippen molar-refractivity contribution in [1.29, 1.82) is 0 Å². The van der Waals surface area contributed by atoms with Gasteiger partial charge in [-0.2, -0.15) is 0 Å². The van der Waals surface area contributed by atoms with Crippen LogP contribution >= 0.6 is 0 Å². The van der Waals surface area contributed by atoms with Gasteiger partial charge in [-0.25, -0.2) is 0 Å². The van der Waals surface area contributed by atoms with Crippen molar-refractivity contribution >= 4 is 10.9 Å². The maximum Gasteiger partial charge on any atom is 0.0708 e. The average Bonchev–Trinajstić information content (AvgIpc) is 3.30. The molecule has 1 fully saturated rings. The molecule has 1 aliphatic carbocycles. The molecule has 126 valence electrons. The first-order chi connectivity index (χ1) is 12.7. The zero-order valence-corrected chi connectivity index (χ0v) is 14.7. The lowest BCUT2D eigenvalue weighted by molar-refractivity contribution is 1.14. The number of aromatic nitrogens is 3. The van der Waals surface area contributed by atoms with Gasteiger partial charge in [-0.05, 0) is 48.7 Å². The predicted molar refractivity (Wildman–Crippen MR) is 106 cm³/mol. The highest BCUT2D eigenvalue weighted by molar-refractivity contribution is 5.95. The lowest BCUT2D eigenvalue weighted by atomic mass is 9.98. The minimum absolute atomic E-state index is 0.455. The van der Waals surface area contributed by atoms with Crippen LogP contribution in [0.2, 0.25) is 0 Å². The first-order valence-electron chi connectivity index (χ1n) is 8.88. The van der Waals surface area contributed by atoms with Gasteiger partial charge < -0.3 is 4.98 Å². The Balaban J connectivity index is 1.78. The molecule has 3 heterocycles. The van der Waals surface area contributed by atoms with Crippen LogP contribution in [-0.4, -0.2) is 15.0 Å². The van der Waals surface area contributed by atoms with Crippen molar-refractivity contribution in [2.75, 3.05) is 0 Å².